The number of nitrogens with zero attached hydrogens (tertiary/aromatic N) is 1. The third-order valence-corrected chi connectivity index (χ3v) is 4.53. The van der Waals surface area contributed by atoms with E-state index in [0.29, 0.717) is 13.0 Å². The number of amides is 1. The van der Waals surface area contributed by atoms with Crippen LogP contribution < -0.4 is 5.32 Å². The molecule has 2 N–H and O–H groups in total. The highest BCUT2D eigenvalue weighted by atomic mass is 16.3. The largest absolute Gasteiger partial charge is 0.393 e. The molecule has 2 atom stereocenters. The zero-order valence-corrected chi connectivity index (χ0v) is 12.9. The smallest absolute Gasteiger partial charge is 0.223 e. The van der Waals surface area contributed by atoms with E-state index in [0.717, 1.165) is 41.3 Å². The number of fused-ring (bicyclic) bond motifs is 1. The Morgan fingerprint density at radius 2 is 2.23 bits per heavy atom. The van der Waals surface area contributed by atoms with Crippen molar-refractivity contribution in [3.63, 3.8) is 0 Å². The van der Waals surface area contributed by atoms with E-state index in [1.165, 1.54) is 0 Å². The van der Waals surface area contributed by atoms with Gasteiger partial charge in [-0.25, -0.2) is 0 Å². The Labute approximate surface area is 130 Å². The van der Waals surface area contributed by atoms with Crippen molar-refractivity contribution in [2.45, 2.75) is 45.3 Å². The summed E-state index contributed by atoms with van der Waals surface area (Å²) in [5.74, 6) is -0.00467. The molecule has 0 radical (unpaired) electrons. The molecule has 0 bridgehead atoms. The fraction of sp³-hybridized carbons (Fsp3) is 0.444. The Kier molecular flexibility index (Phi) is 4.39. The molecule has 1 aromatic heterocycles. The van der Waals surface area contributed by atoms with Crippen molar-refractivity contribution in [2.75, 3.05) is 0 Å². The maximum atomic E-state index is 12.3. The summed E-state index contributed by atoms with van der Waals surface area (Å²) in [6.07, 6.45) is 4.67. The molecule has 22 heavy (non-hydrogen) atoms. The molecule has 116 valence electrons. The standard InChI is InChI=1S/C18H22N2O2/c1-12-7-8-14(16-6-3-9-19-17(12)16)11-20-18(22)13-4-2-5-15(21)10-13/h3,6-9,13,15,21H,2,4-5,10-11H2,1H3,(H,20,22)/t13-,15-/m0/s1. The lowest BCUT2D eigenvalue weighted by molar-refractivity contribution is -0.127. The van der Waals surface area contributed by atoms with Crippen LogP contribution in [0.2, 0.25) is 0 Å². The number of aliphatic hydroxyl groups excluding tert-OH is 1. The molecule has 3 rings (SSSR count). The van der Waals surface area contributed by atoms with Crippen LogP contribution in [-0.4, -0.2) is 22.1 Å². The zero-order valence-electron chi connectivity index (χ0n) is 12.9. The Morgan fingerprint density at radius 1 is 1.36 bits per heavy atom. The summed E-state index contributed by atoms with van der Waals surface area (Å²) in [4.78, 5) is 16.7. The lowest BCUT2D eigenvalue weighted by atomic mass is 9.86. The fourth-order valence-corrected chi connectivity index (χ4v) is 3.26. The number of aromatic nitrogens is 1. The van der Waals surface area contributed by atoms with Gasteiger partial charge in [0, 0.05) is 24.0 Å². The first kappa shape index (κ1) is 15.0. The normalized spacial score (nSPS) is 21.7. The van der Waals surface area contributed by atoms with Gasteiger partial charge in [-0.3, -0.25) is 9.78 Å². The number of rotatable bonds is 3. The highest BCUT2D eigenvalue weighted by Crippen LogP contribution is 2.25. The van der Waals surface area contributed by atoms with Crippen molar-refractivity contribution in [1.29, 1.82) is 0 Å². The highest BCUT2D eigenvalue weighted by Gasteiger charge is 2.25. The van der Waals surface area contributed by atoms with E-state index in [1.54, 1.807) is 6.20 Å². The zero-order chi connectivity index (χ0) is 15.5. The third kappa shape index (κ3) is 3.12. The van der Waals surface area contributed by atoms with E-state index in [9.17, 15) is 9.90 Å². The van der Waals surface area contributed by atoms with Gasteiger partial charge >= 0.3 is 0 Å². The molecule has 1 saturated carbocycles. The lowest BCUT2D eigenvalue weighted by Gasteiger charge is -2.25. The average Bonchev–Trinajstić information content (AvgIpc) is 2.54. The Hall–Kier alpha value is -1.94. The van der Waals surface area contributed by atoms with Gasteiger partial charge < -0.3 is 10.4 Å². The summed E-state index contributed by atoms with van der Waals surface area (Å²) in [5, 5.41) is 13.8. The Bertz CT molecular complexity index is 684. The van der Waals surface area contributed by atoms with E-state index >= 15 is 0 Å². The molecule has 1 aliphatic carbocycles. The van der Waals surface area contributed by atoms with E-state index < -0.39 is 0 Å². The molecule has 0 saturated heterocycles. The molecule has 1 aliphatic rings. The van der Waals surface area contributed by atoms with Gasteiger partial charge in [0.2, 0.25) is 5.91 Å². The van der Waals surface area contributed by atoms with Crippen LogP contribution in [0.3, 0.4) is 0 Å². The molecule has 0 spiro atoms. The van der Waals surface area contributed by atoms with Gasteiger partial charge in [-0.2, -0.15) is 0 Å². The maximum Gasteiger partial charge on any atom is 0.223 e. The molecule has 2 aromatic rings. The van der Waals surface area contributed by atoms with Crippen LogP contribution in [-0.2, 0) is 11.3 Å². The van der Waals surface area contributed by atoms with E-state index in [-0.39, 0.29) is 17.9 Å². The topological polar surface area (TPSA) is 62.2 Å². The molecular formula is C18H22N2O2. The Balaban J connectivity index is 1.71. The van der Waals surface area contributed by atoms with Crippen LogP contribution in [0, 0.1) is 12.8 Å². The van der Waals surface area contributed by atoms with Gasteiger partial charge in [0.15, 0.2) is 0 Å². The molecular weight excluding hydrogens is 276 g/mol. The quantitative estimate of drug-likeness (QED) is 0.916. The molecule has 1 aromatic carbocycles. The van der Waals surface area contributed by atoms with Gasteiger partial charge in [-0.15, -0.1) is 0 Å². The number of carbonyl (C=O) groups is 1. The van der Waals surface area contributed by atoms with Crippen LogP contribution in [0.5, 0.6) is 0 Å². The number of aliphatic hydroxyl groups is 1. The molecule has 4 heteroatoms. The second-order valence-electron chi connectivity index (χ2n) is 6.18. The Morgan fingerprint density at radius 3 is 3.05 bits per heavy atom. The predicted octanol–water partition coefficient (Wildman–Crippen LogP) is 2.71. The van der Waals surface area contributed by atoms with Crippen LogP contribution in [0.1, 0.15) is 36.8 Å². The summed E-state index contributed by atoms with van der Waals surface area (Å²) < 4.78 is 0. The molecule has 1 heterocycles. The van der Waals surface area contributed by atoms with Crippen molar-refractivity contribution in [3.8, 4) is 0 Å². The van der Waals surface area contributed by atoms with Crippen molar-refractivity contribution in [1.82, 2.24) is 10.3 Å². The maximum absolute atomic E-state index is 12.3. The minimum Gasteiger partial charge on any atom is -0.393 e. The van der Waals surface area contributed by atoms with Crippen LogP contribution >= 0.6 is 0 Å². The number of pyridine rings is 1. The molecule has 1 amide bonds. The average molecular weight is 298 g/mol. The fourth-order valence-electron chi connectivity index (χ4n) is 3.26. The van der Waals surface area contributed by atoms with Crippen molar-refractivity contribution >= 4 is 16.8 Å². The number of benzene rings is 1. The second-order valence-corrected chi connectivity index (χ2v) is 6.18. The lowest BCUT2D eigenvalue weighted by Crippen LogP contribution is -2.34. The van der Waals surface area contributed by atoms with Crippen molar-refractivity contribution in [2.24, 2.45) is 5.92 Å². The first-order chi connectivity index (χ1) is 10.6. The SMILES string of the molecule is Cc1ccc(CNC(=O)[C@H]2CCC[C@H](O)C2)c2cccnc12. The number of aryl methyl sites for hydroxylation is 1. The van der Waals surface area contributed by atoms with Crippen LogP contribution in [0.25, 0.3) is 10.9 Å². The second kappa shape index (κ2) is 6.44. The number of carbonyl (C=O) groups excluding carboxylic acids is 1. The van der Waals surface area contributed by atoms with Gasteiger partial charge in [-0.05, 0) is 43.4 Å². The number of hydrogen-bond donors (Lipinski definition) is 2. The molecule has 0 unspecified atom stereocenters. The number of nitrogens with one attached hydrogen (secondary N) is 1. The van der Waals surface area contributed by atoms with Crippen molar-refractivity contribution < 1.29 is 9.90 Å². The predicted molar refractivity (Wildman–Crippen MR) is 86.3 cm³/mol. The summed E-state index contributed by atoms with van der Waals surface area (Å²) in [7, 11) is 0. The van der Waals surface area contributed by atoms with E-state index in [4.69, 9.17) is 0 Å². The van der Waals surface area contributed by atoms with E-state index in [1.807, 2.05) is 25.1 Å². The monoisotopic (exact) mass is 298 g/mol. The summed E-state index contributed by atoms with van der Waals surface area (Å²) in [6.45, 7) is 2.55. The summed E-state index contributed by atoms with van der Waals surface area (Å²) in [5.41, 5.74) is 3.21. The minimum atomic E-state index is -0.325. The third-order valence-electron chi connectivity index (χ3n) is 4.53. The van der Waals surface area contributed by atoms with Gasteiger partial charge in [0.1, 0.15) is 0 Å². The van der Waals surface area contributed by atoms with Gasteiger partial charge in [0.25, 0.3) is 0 Å². The summed E-state index contributed by atoms with van der Waals surface area (Å²) >= 11 is 0. The molecule has 1 fully saturated rings. The highest BCUT2D eigenvalue weighted by molar-refractivity contribution is 5.85. The molecule has 4 nitrogen and oxygen atoms in total. The minimum absolute atomic E-state index is 0.0522. The first-order valence-corrected chi connectivity index (χ1v) is 7.94. The van der Waals surface area contributed by atoms with Gasteiger partial charge in [-0.1, -0.05) is 24.6 Å². The van der Waals surface area contributed by atoms with Gasteiger partial charge in [0.05, 0.1) is 11.6 Å². The van der Waals surface area contributed by atoms with Crippen LogP contribution in [0.15, 0.2) is 30.5 Å². The first-order valence-electron chi connectivity index (χ1n) is 7.94. The number of hydrogen-bond acceptors (Lipinski definition) is 3. The van der Waals surface area contributed by atoms with Crippen molar-refractivity contribution in [3.05, 3.63) is 41.6 Å². The van der Waals surface area contributed by atoms with E-state index in [2.05, 4.69) is 16.4 Å². The molecule has 0 aliphatic heterocycles. The van der Waals surface area contributed by atoms with Crippen LogP contribution in [0.4, 0.5) is 0 Å². The summed E-state index contributed by atoms with van der Waals surface area (Å²) in [6, 6.07) is 8.06.